The van der Waals surface area contributed by atoms with Crippen molar-refractivity contribution in [2.75, 3.05) is 20.2 Å². The van der Waals surface area contributed by atoms with Crippen LogP contribution >= 0.6 is 0 Å². The lowest BCUT2D eigenvalue weighted by molar-refractivity contribution is -0.116. The van der Waals surface area contributed by atoms with Gasteiger partial charge in [0.05, 0.1) is 11.8 Å². The number of hydrogen-bond acceptors (Lipinski definition) is 3. The maximum atomic E-state index is 12.8. The molecule has 1 atom stereocenters. The third-order valence-electron chi connectivity index (χ3n) is 6.15. The lowest BCUT2D eigenvalue weighted by atomic mass is 9.61. The van der Waals surface area contributed by atoms with Crippen LogP contribution in [0.25, 0.3) is 11.3 Å². The Morgan fingerprint density at radius 2 is 2.04 bits per heavy atom. The fraction of sp³-hybridized carbons (Fsp3) is 0.500. The van der Waals surface area contributed by atoms with Gasteiger partial charge in [0, 0.05) is 31.2 Å². The van der Waals surface area contributed by atoms with Gasteiger partial charge in [0.25, 0.3) is 5.91 Å². The summed E-state index contributed by atoms with van der Waals surface area (Å²) in [5.41, 5.74) is 3.93. The first-order valence-corrected chi connectivity index (χ1v) is 9.06. The molecule has 1 spiro atoms. The smallest absolute Gasteiger partial charge is 0.271 e. The number of piperidine rings is 1. The van der Waals surface area contributed by atoms with Gasteiger partial charge in [0.2, 0.25) is 0 Å². The summed E-state index contributed by atoms with van der Waals surface area (Å²) in [4.78, 5) is 14.8. The van der Waals surface area contributed by atoms with E-state index in [1.54, 1.807) is 7.11 Å². The Labute approximate surface area is 148 Å². The number of aromatic amines is 1. The van der Waals surface area contributed by atoms with Crippen LogP contribution in [0.15, 0.2) is 30.3 Å². The molecule has 2 heterocycles. The first-order chi connectivity index (χ1) is 12.1. The molecule has 1 aliphatic heterocycles. The summed E-state index contributed by atoms with van der Waals surface area (Å²) in [5, 5.41) is 7.28. The summed E-state index contributed by atoms with van der Waals surface area (Å²) in [5.74, 6) is 0.0514. The monoisotopic (exact) mass is 339 g/mol. The van der Waals surface area contributed by atoms with Gasteiger partial charge in [0.15, 0.2) is 0 Å². The molecule has 1 aromatic carbocycles. The maximum Gasteiger partial charge on any atom is 0.271 e. The van der Waals surface area contributed by atoms with Gasteiger partial charge in [0.1, 0.15) is 5.69 Å². The number of carbonyl (C=O) groups excluding carboxylic acids is 1. The van der Waals surface area contributed by atoms with E-state index < -0.39 is 0 Å². The number of aryl methyl sites for hydroxylation is 1. The van der Waals surface area contributed by atoms with E-state index in [-0.39, 0.29) is 5.91 Å². The predicted octanol–water partition coefficient (Wildman–Crippen LogP) is 3.42. The van der Waals surface area contributed by atoms with Crippen molar-refractivity contribution in [2.45, 2.75) is 38.7 Å². The van der Waals surface area contributed by atoms with Crippen LogP contribution in [0.4, 0.5) is 0 Å². The number of methoxy groups -OCH3 is 1. The van der Waals surface area contributed by atoms with E-state index >= 15 is 0 Å². The summed E-state index contributed by atoms with van der Waals surface area (Å²) in [7, 11) is 1.81. The molecule has 1 N–H and O–H groups in total. The fourth-order valence-corrected chi connectivity index (χ4v) is 4.37. The van der Waals surface area contributed by atoms with Gasteiger partial charge >= 0.3 is 0 Å². The molecule has 1 aromatic heterocycles. The average Bonchev–Trinajstić information content (AvgIpc) is 3.11. The molecule has 1 saturated carbocycles. The van der Waals surface area contributed by atoms with Crippen LogP contribution in [-0.4, -0.2) is 47.3 Å². The van der Waals surface area contributed by atoms with Crippen molar-refractivity contribution >= 4 is 5.91 Å². The van der Waals surface area contributed by atoms with Crippen molar-refractivity contribution in [1.82, 2.24) is 15.1 Å². The van der Waals surface area contributed by atoms with E-state index in [2.05, 4.69) is 23.2 Å². The minimum absolute atomic E-state index is 0.0514. The van der Waals surface area contributed by atoms with Crippen LogP contribution in [0.2, 0.25) is 0 Å². The summed E-state index contributed by atoms with van der Waals surface area (Å²) >= 11 is 0. The zero-order chi connectivity index (χ0) is 17.4. The lowest BCUT2D eigenvalue weighted by Gasteiger charge is -2.53. The quantitative estimate of drug-likeness (QED) is 0.932. The topological polar surface area (TPSA) is 58.2 Å². The third kappa shape index (κ3) is 2.76. The molecule has 0 bridgehead atoms. The van der Waals surface area contributed by atoms with E-state index in [1.807, 2.05) is 29.2 Å². The van der Waals surface area contributed by atoms with Crippen molar-refractivity contribution in [3.63, 3.8) is 0 Å². The number of hydrogen-bond donors (Lipinski definition) is 1. The highest BCUT2D eigenvalue weighted by Gasteiger charge is 2.49. The predicted molar refractivity (Wildman–Crippen MR) is 96.4 cm³/mol. The van der Waals surface area contributed by atoms with Crippen LogP contribution in [0.5, 0.6) is 0 Å². The normalized spacial score (nSPS) is 22.0. The van der Waals surface area contributed by atoms with E-state index in [1.165, 1.54) is 6.42 Å². The second-order valence-electron chi connectivity index (χ2n) is 7.40. The van der Waals surface area contributed by atoms with Crippen LogP contribution in [-0.2, 0) is 4.74 Å². The molecular weight excluding hydrogens is 314 g/mol. The number of nitrogens with zero attached hydrogens (tertiary/aromatic N) is 2. The number of benzene rings is 1. The molecule has 1 amide bonds. The standard InChI is InChI=1S/C20H25N3O2/c1-14-5-3-4-6-15(14)16-13-17(22-21-16)19(24)23-11-9-20(10-12-23)8-7-18(20)25-2/h3-6,13,18H,7-12H2,1-2H3,(H,21,22). The minimum Gasteiger partial charge on any atom is -0.381 e. The first kappa shape index (κ1) is 16.3. The largest absolute Gasteiger partial charge is 0.381 e. The molecule has 1 saturated heterocycles. The summed E-state index contributed by atoms with van der Waals surface area (Å²) < 4.78 is 5.60. The zero-order valence-electron chi connectivity index (χ0n) is 14.9. The van der Waals surface area contributed by atoms with Crippen LogP contribution in [0.1, 0.15) is 41.7 Å². The lowest BCUT2D eigenvalue weighted by Crippen LogP contribution is -2.53. The number of nitrogens with one attached hydrogen (secondary N) is 1. The molecule has 1 unspecified atom stereocenters. The first-order valence-electron chi connectivity index (χ1n) is 9.06. The van der Waals surface area contributed by atoms with Gasteiger partial charge in [-0.25, -0.2) is 0 Å². The molecule has 1 aliphatic carbocycles. The van der Waals surface area contributed by atoms with Gasteiger partial charge in [-0.05, 0) is 44.2 Å². The number of likely N-dealkylation sites (tertiary alicyclic amines) is 1. The highest BCUT2D eigenvalue weighted by atomic mass is 16.5. The number of rotatable bonds is 3. The average molecular weight is 339 g/mol. The fourth-order valence-electron chi connectivity index (χ4n) is 4.37. The van der Waals surface area contributed by atoms with Gasteiger partial charge in [-0.15, -0.1) is 0 Å². The Hall–Kier alpha value is -2.14. The summed E-state index contributed by atoms with van der Waals surface area (Å²) in [6.07, 6.45) is 4.84. The Balaban J connectivity index is 1.45. The number of H-pyrrole nitrogens is 1. The molecule has 5 heteroatoms. The van der Waals surface area contributed by atoms with E-state index in [0.717, 1.165) is 49.2 Å². The SMILES string of the molecule is COC1CCC12CCN(C(=O)c1cc(-c3ccccc3C)n[nH]1)CC2. The summed E-state index contributed by atoms with van der Waals surface area (Å²) in [6.45, 7) is 3.66. The highest BCUT2D eigenvalue weighted by molar-refractivity contribution is 5.93. The molecule has 132 valence electrons. The third-order valence-corrected chi connectivity index (χ3v) is 6.15. The number of ether oxygens (including phenoxy) is 1. The summed E-state index contributed by atoms with van der Waals surface area (Å²) in [6, 6.07) is 9.96. The molecule has 2 aliphatic rings. The van der Waals surface area contributed by atoms with E-state index in [0.29, 0.717) is 17.2 Å². The van der Waals surface area contributed by atoms with Gasteiger partial charge in [-0.3, -0.25) is 9.89 Å². The second-order valence-corrected chi connectivity index (χ2v) is 7.40. The van der Waals surface area contributed by atoms with Gasteiger partial charge in [-0.2, -0.15) is 5.10 Å². The van der Waals surface area contributed by atoms with Crippen molar-refractivity contribution in [3.8, 4) is 11.3 Å². The van der Waals surface area contributed by atoms with Gasteiger partial charge in [-0.1, -0.05) is 24.3 Å². The molecule has 25 heavy (non-hydrogen) atoms. The highest BCUT2D eigenvalue weighted by Crippen LogP contribution is 2.50. The van der Waals surface area contributed by atoms with Crippen LogP contribution in [0.3, 0.4) is 0 Å². The molecule has 0 radical (unpaired) electrons. The Kier molecular flexibility index (Phi) is 4.12. The molecule has 2 fully saturated rings. The zero-order valence-corrected chi connectivity index (χ0v) is 14.9. The molecule has 2 aromatic rings. The van der Waals surface area contributed by atoms with Crippen LogP contribution in [0, 0.1) is 12.3 Å². The van der Waals surface area contributed by atoms with Gasteiger partial charge < -0.3 is 9.64 Å². The van der Waals surface area contributed by atoms with Crippen molar-refractivity contribution < 1.29 is 9.53 Å². The van der Waals surface area contributed by atoms with Crippen LogP contribution < -0.4 is 0 Å². The molecule has 5 nitrogen and oxygen atoms in total. The van der Waals surface area contributed by atoms with Crippen molar-refractivity contribution in [1.29, 1.82) is 0 Å². The number of amides is 1. The molecular formula is C20H25N3O2. The Morgan fingerprint density at radius 3 is 2.68 bits per heavy atom. The van der Waals surface area contributed by atoms with E-state index in [9.17, 15) is 4.79 Å². The van der Waals surface area contributed by atoms with Crippen molar-refractivity contribution in [3.05, 3.63) is 41.6 Å². The Morgan fingerprint density at radius 1 is 1.28 bits per heavy atom. The maximum absolute atomic E-state index is 12.8. The minimum atomic E-state index is 0.0514. The number of carbonyl (C=O) groups is 1. The van der Waals surface area contributed by atoms with E-state index in [4.69, 9.17) is 4.74 Å². The Bertz CT molecular complexity index is 773. The molecule has 4 rings (SSSR count). The second kappa shape index (κ2) is 6.30. The van der Waals surface area contributed by atoms with Crippen molar-refractivity contribution in [2.24, 2.45) is 5.41 Å². The number of aromatic nitrogens is 2.